The molecule has 0 spiro atoms. The van der Waals surface area contributed by atoms with Crippen molar-refractivity contribution in [3.63, 3.8) is 0 Å². The smallest absolute Gasteiger partial charge is 0.357 e. The number of benzene rings is 2. The first-order valence-electron chi connectivity index (χ1n) is 14.2. The number of rotatable bonds is 16. The number of ether oxygens (including phenoxy) is 1. The molecule has 3 N–H and O–H groups in total. The Morgan fingerprint density at radius 2 is 1.76 bits per heavy atom. The van der Waals surface area contributed by atoms with Gasteiger partial charge in [-0.1, -0.05) is 62.7 Å². The zero-order chi connectivity index (χ0) is 30.5. The van der Waals surface area contributed by atoms with Gasteiger partial charge in [0, 0.05) is 37.4 Å². The third kappa shape index (κ3) is 8.83. The molecule has 12 heteroatoms. The number of aromatic nitrogens is 2. The zero-order valence-electron chi connectivity index (χ0n) is 24.4. The number of nitrogens with zero attached hydrogens (tertiary/aromatic N) is 2. The van der Waals surface area contributed by atoms with Crippen LogP contribution in [0.5, 0.6) is 0 Å². The predicted octanol–water partition coefficient (Wildman–Crippen LogP) is 4.99. The van der Waals surface area contributed by atoms with Gasteiger partial charge in [-0.05, 0) is 43.4 Å². The van der Waals surface area contributed by atoms with Crippen LogP contribution < -0.4 is 10.0 Å². The number of nitrogens with one attached hydrogen (secondary N) is 2. The highest BCUT2D eigenvalue weighted by Gasteiger charge is 2.25. The molecule has 1 aromatic heterocycles. The number of carbonyl (C=O) groups excluding carboxylic acids is 2. The van der Waals surface area contributed by atoms with E-state index >= 15 is 0 Å². The van der Waals surface area contributed by atoms with Crippen LogP contribution in [0.3, 0.4) is 0 Å². The molecule has 3 aromatic rings. The second kappa shape index (κ2) is 16.3. The van der Waals surface area contributed by atoms with Gasteiger partial charge in [0.05, 0.1) is 11.5 Å². The second-order valence-electron chi connectivity index (χ2n) is 9.57. The third-order valence-corrected chi connectivity index (χ3v) is 8.76. The van der Waals surface area contributed by atoms with Crippen LogP contribution in [0.15, 0.2) is 58.5 Å². The van der Waals surface area contributed by atoms with Gasteiger partial charge in [0.15, 0.2) is 5.69 Å². The first kappa shape index (κ1) is 33.2. The lowest BCUT2D eigenvalue weighted by atomic mass is 10.0. The number of aliphatic hydroxyl groups is 1. The van der Waals surface area contributed by atoms with Gasteiger partial charge in [-0.15, -0.1) is 11.8 Å². The summed E-state index contributed by atoms with van der Waals surface area (Å²) in [6, 6.07) is 13.2. The number of aliphatic hydroxyl groups excluding tert-OH is 1. The number of aryl methyl sites for hydroxylation is 1. The van der Waals surface area contributed by atoms with Crippen LogP contribution in [-0.4, -0.2) is 60.6 Å². The molecule has 0 aliphatic carbocycles. The van der Waals surface area contributed by atoms with Gasteiger partial charge in [0.1, 0.15) is 10.9 Å². The Hall–Kier alpha value is -3.35. The summed E-state index contributed by atoms with van der Waals surface area (Å²) in [5.41, 5.74) is 2.42. The van der Waals surface area contributed by atoms with Crippen LogP contribution in [0.2, 0.25) is 0 Å². The number of esters is 1. The molecular formula is C30H40N4O6S2. The molecule has 0 radical (unpaired) electrons. The van der Waals surface area contributed by atoms with E-state index < -0.39 is 22.0 Å². The van der Waals surface area contributed by atoms with Crippen LogP contribution in [0.4, 0.5) is 4.79 Å². The monoisotopic (exact) mass is 616 g/mol. The Labute approximate surface area is 252 Å². The summed E-state index contributed by atoms with van der Waals surface area (Å²) in [4.78, 5) is 29.9. The summed E-state index contributed by atoms with van der Waals surface area (Å²) in [5.74, 6) is 0.976. The van der Waals surface area contributed by atoms with Crippen LogP contribution in [0.1, 0.15) is 68.3 Å². The van der Waals surface area contributed by atoms with Crippen molar-refractivity contribution < 1.29 is 27.9 Å². The predicted molar refractivity (Wildman–Crippen MR) is 164 cm³/mol. The normalized spacial score (nSPS) is 11.3. The number of unbranched alkanes of at least 4 members (excludes halogenated alkanes) is 1. The van der Waals surface area contributed by atoms with E-state index in [2.05, 4.69) is 17.0 Å². The van der Waals surface area contributed by atoms with Crippen molar-refractivity contribution in [2.75, 3.05) is 25.5 Å². The van der Waals surface area contributed by atoms with E-state index in [1.807, 2.05) is 35.8 Å². The molecule has 3 rings (SSSR count). The van der Waals surface area contributed by atoms with Crippen LogP contribution >= 0.6 is 11.8 Å². The van der Waals surface area contributed by atoms with Gasteiger partial charge in [-0.2, -0.15) is 0 Å². The Balaban J connectivity index is 1.94. The second-order valence-corrected chi connectivity index (χ2v) is 12.3. The van der Waals surface area contributed by atoms with Gasteiger partial charge in [0.25, 0.3) is 10.0 Å². The molecule has 0 unspecified atom stereocenters. The number of urea groups is 1. The van der Waals surface area contributed by atoms with E-state index in [0.29, 0.717) is 60.0 Å². The molecule has 42 heavy (non-hydrogen) atoms. The molecule has 10 nitrogen and oxygen atoms in total. The lowest BCUT2D eigenvalue weighted by Gasteiger charge is -2.14. The maximum absolute atomic E-state index is 13.1. The van der Waals surface area contributed by atoms with E-state index in [-0.39, 0.29) is 18.1 Å². The molecule has 2 amide bonds. The number of sulfonamides is 1. The fourth-order valence-corrected chi connectivity index (χ4v) is 6.39. The molecule has 1 heterocycles. The molecule has 2 aromatic carbocycles. The van der Waals surface area contributed by atoms with Gasteiger partial charge in [-0.25, -0.2) is 27.7 Å². The minimum atomic E-state index is -4.11. The summed E-state index contributed by atoms with van der Waals surface area (Å²) in [5, 5.41) is 12.3. The quantitative estimate of drug-likeness (QED) is 0.116. The van der Waals surface area contributed by atoms with Crippen LogP contribution in [-0.2, 0) is 27.7 Å². The Kier molecular flexibility index (Phi) is 12.9. The Morgan fingerprint density at radius 1 is 1.02 bits per heavy atom. The van der Waals surface area contributed by atoms with Crippen molar-refractivity contribution in [3.8, 4) is 11.1 Å². The molecule has 0 bridgehead atoms. The fourth-order valence-electron chi connectivity index (χ4n) is 4.27. The maximum atomic E-state index is 13.1. The van der Waals surface area contributed by atoms with Gasteiger partial charge < -0.3 is 19.7 Å². The highest BCUT2D eigenvalue weighted by Crippen LogP contribution is 2.30. The lowest BCUT2D eigenvalue weighted by Crippen LogP contribution is -2.39. The topological polar surface area (TPSA) is 140 Å². The SMILES string of the molecule is CCCCc1nc(SCCCO)c(C(=O)OCC)n1Cc1ccc(-c2ccccc2S(=O)(=O)NC(=O)NCCC)cc1. The average molecular weight is 617 g/mol. The summed E-state index contributed by atoms with van der Waals surface area (Å²) in [6.07, 6.45) is 3.85. The van der Waals surface area contributed by atoms with Crippen molar-refractivity contribution in [1.82, 2.24) is 19.6 Å². The Bertz CT molecular complexity index is 1440. The molecule has 0 fully saturated rings. The van der Waals surface area contributed by atoms with Crippen LogP contribution in [0.25, 0.3) is 11.1 Å². The van der Waals surface area contributed by atoms with Gasteiger partial charge in [-0.3, -0.25) is 0 Å². The summed E-state index contributed by atoms with van der Waals surface area (Å²) in [6.45, 7) is 6.77. The molecule has 228 valence electrons. The number of hydrogen-bond acceptors (Lipinski definition) is 8. The molecule has 0 atom stereocenters. The lowest BCUT2D eigenvalue weighted by molar-refractivity contribution is 0.0509. The van der Waals surface area contributed by atoms with Crippen molar-refractivity contribution in [1.29, 1.82) is 0 Å². The minimum absolute atomic E-state index is 0.00463. The zero-order valence-corrected chi connectivity index (χ0v) is 26.0. The van der Waals surface area contributed by atoms with Crippen molar-refractivity contribution in [2.24, 2.45) is 0 Å². The number of imidazole rings is 1. The molecule has 0 saturated carbocycles. The van der Waals surface area contributed by atoms with Gasteiger partial charge in [0.2, 0.25) is 0 Å². The number of amides is 2. The molecular weight excluding hydrogens is 576 g/mol. The van der Waals surface area contributed by atoms with Crippen molar-refractivity contribution in [3.05, 3.63) is 65.6 Å². The Morgan fingerprint density at radius 3 is 2.43 bits per heavy atom. The molecule has 0 aliphatic heterocycles. The van der Waals surface area contributed by atoms with E-state index in [0.717, 1.165) is 24.2 Å². The summed E-state index contributed by atoms with van der Waals surface area (Å²) < 4.78 is 35.5. The van der Waals surface area contributed by atoms with E-state index in [1.54, 1.807) is 25.1 Å². The summed E-state index contributed by atoms with van der Waals surface area (Å²) in [7, 11) is -4.11. The van der Waals surface area contributed by atoms with E-state index in [9.17, 15) is 23.1 Å². The van der Waals surface area contributed by atoms with Gasteiger partial charge >= 0.3 is 12.0 Å². The average Bonchev–Trinajstić information content (AvgIpc) is 3.32. The summed E-state index contributed by atoms with van der Waals surface area (Å²) >= 11 is 1.43. The highest BCUT2D eigenvalue weighted by atomic mass is 32.2. The number of carbonyl (C=O) groups is 2. The number of hydrogen-bond donors (Lipinski definition) is 3. The molecule has 0 aliphatic rings. The number of thioether (sulfide) groups is 1. The highest BCUT2D eigenvalue weighted by molar-refractivity contribution is 7.99. The first-order valence-corrected chi connectivity index (χ1v) is 16.7. The maximum Gasteiger partial charge on any atom is 0.357 e. The minimum Gasteiger partial charge on any atom is -0.461 e. The van der Waals surface area contributed by atoms with Crippen molar-refractivity contribution in [2.45, 2.75) is 69.3 Å². The van der Waals surface area contributed by atoms with Crippen LogP contribution in [0, 0.1) is 0 Å². The first-order chi connectivity index (χ1) is 20.2. The molecule has 0 saturated heterocycles. The fraction of sp³-hybridized carbons (Fsp3) is 0.433. The van der Waals surface area contributed by atoms with E-state index in [1.165, 1.54) is 17.8 Å². The standard InChI is InChI=1S/C30H40N4O6S2/c1-4-7-13-26-32-28(41-20-10-19-35)27(29(36)40-6-3)34(26)21-22-14-16-23(17-15-22)24-11-8-9-12-25(24)42(38,39)33-30(37)31-18-5-2/h8-9,11-12,14-17,35H,4-7,10,13,18-21H2,1-3H3,(H2,31,33,37). The van der Waals surface area contributed by atoms with E-state index in [4.69, 9.17) is 9.72 Å². The largest absolute Gasteiger partial charge is 0.461 e. The van der Waals surface area contributed by atoms with Crippen molar-refractivity contribution >= 4 is 33.8 Å². The third-order valence-electron chi connectivity index (χ3n) is 6.32.